The summed E-state index contributed by atoms with van der Waals surface area (Å²) in [7, 11) is -5.48. The van der Waals surface area contributed by atoms with E-state index in [1.807, 2.05) is 30.3 Å². The second-order valence-corrected chi connectivity index (χ2v) is 8.62. The Kier molecular flexibility index (Phi) is 12.7. The normalized spacial score (nSPS) is 16.4. The minimum atomic E-state index is -5.48. The maximum atomic E-state index is 12.3. The van der Waals surface area contributed by atoms with E-state index in [-0.39, 0.29) is 13.8 Å². The van der Waals surface area contributed by atoms with Gasteiger partial charge in [0.1, 0.15) is 18.3 Å². The summed E-state index contributed by atoms with van der Waals surface area (Å²) in [5.41, 5.74) is 0.860. The third-order valence-corrected chi connectivity index (χ3v) is 5.46. The molecule has 0 spiro atoms. The van der Waals surface area contributed by atoms with Crippen molar-refractivity contribution in [1.82, 2.24) is 0 Å². The van der Waals surface area contributed by atoms with Gasteiger partial charge in [0.25, 0.3) is 0 Å². The summed E-state index contributed by atoms with van der Waals surface area (Å²) in [5, 5.41) is 38.4. The van der Waals surface area contributed by atoms with Crippen molar-refractivity contribution in [1.29, 1.82) is 0 Å². The van der Waals surface area contributed by atoms with Crippen LogP contribution in [0.5, 0.6) is 0 Å². The van der Waals surface area contributed by atoms with Crippen molar-refractivity contribution >= 4 is 22.3 Å². The van der Waals surface area contributed by atoms with Gasteiger partial charge in [-0.15, -0.1) is 0 Å². The zero-order chi connectivity index (χ0) is 25.0. The summed E-state index contributed by atoms with van der Waals surface area (Å²) >= 11 is 0. The van der Waals surface area contributed by atoms with Gasteiger partial charge in [-0.3, -0.25) is 8.98 Å². The van der Waals surface area contributed by atoms with Gasteiger partial charge < -0.3 is 29.7 Å². The highest BCUT2D eigenvalue weighted by atomic mass is 32.3. The molecule has 0 aromatic heterocycles. The Hall–Kier alpha value is -1.93. The monoisotopic (exact) mass is 492 g/mol. The molecule has 0 radical (unpaired) electrons. The van der Waals surface area contributed by atoms with Crippen LogP contribution < -0.4 is 0 Å². The molecular weight excluding hydrogens is 460 g/mol. The zero-order valence-electron chi connectivity index (χ0n) is 19.3. The Balaban J connectivity index is 0.0000109. The van der Waals surface area contributed by atoms with Crippen LogP contribution in [0.2, 0.25) is 0 Å². The first-order valence-electron chi connectivity index (χ1n) is 10.6. The van der Waals surface area contributed by atoms with E-state index in [1.165, 1.54) is 0 Å². The smallest absolute Gasteiger partial charge is 0.726 e. The molecule has 1 aromatic rings. The summed E-state index contributed by atoms with van der Waals surface area (Å²) in [5.74, 6) is -2.89. The predicted molar refractivity (Wildman–Crippen MR) is 114 cm³/mol. The maximum absolute atomic E-state index is 12.3. The number of hydrogen-bond donors (Lipinski definition) is 4. The number of unbranched alkanes of at least 4 members (excludes halogenated alkanes) is 3. The number of esters is 2. The van der Waals surface area contributed by atoms with Crippen LogP contribution >= 0.6 is 0 Å². The SMILES string of the molecule is CCCCCCC(CC(=O)OC(=O)[C@H](O)[C@@H](O)[C@@H](OS(=O)(=O)[O-])[C@H](O)CO)c1ccccc1.[H+]. The fourth-order valence-corrected chi connectivity index (χ4v) is 3.77. The van der Waals surface area contributed by atoms with Crippen LogP contribution in [0.25, 0.3) is 0 Å². The lowest BCUT2D eigenvalue weighted by molar-refractivity contribution is -0.175. The molecule has 4 N–H and O–H groups in total. The molecule has 1 aromatic carbocycles. The maximum Gasteiger partial charge on any atom is 1.00 e. The fraction of sp³-hybridized carbons (Fsp3) is 0.619. The van der Waals surface area contributed by atoms with Crippen molar-refractivity contribution in [2.45, 2.75) is 75.8 Å². The Morgan fingerprint density at radius 2 is 1.73 bits per heavy atom. The van der Waals surface area contributed by atoms with Crippen molar-refractivity contribution in [3.8, 4) is 0 Å². The topological polar surface area (TPSA) is 191 Å². The molecule has 0 aliphatic carbocycles. The van der Waals surface area contributed by atoms with Gasteiger partial charge in [-0.05, 0) is 17.9 Å². The van der Waals surface area contributed by atoms with Crippen molar-refractivity contribution < 1.29 is 53.3 Å². The highest BCUT2D eigenvalue weighted by Gasteiger charge is 2.39. The first-order valence-corrected chi connectivity index (χ1v) is 11.9. The van der Waals surface area contributed by atoms with Crippen LogP contribution in [0.15, 0.2) is 30.3 Å². The standard InChI is InChI=1S/C21H32O11S/c1-2-3-4-6-11-15(14-9-7-5-8-10-14)12-17(24)31-21(27)19(26)18(25)20(16(23)13-22)32-33(28,29)30/h5,7-10,15-16,18-20,22-23,25-26H,2-4,6,11-13H2,1H3,(H,28,29,30)/t15?,16-,18-,19-,20+/m1/s1. The Bertz CT molecular complexity index is 834. The molecular formula is C21H32O11S. The second-order valence-electron chi connectivity index (χ2n) is 7.61. The second kappa shape index (κ2) is 14.4. The van der Waals surface area contributed by atoms with Gasteiger partial charge in [-0.25, -0.2) is 13.2 Å². The molecule has 0 amide bonds. The van der Waals surface area contributed by atoms with Gasteiger partial charge in [-0.2, -0.15) is 0 Å². The Labute approximate surface area is 194 Å². The fourth-order valence-electron chi connectivity index (χ4n) is 3.25. The number of carbonyl (C=O) groups excluding carboxylic acids is 2. The first kappa shape index (κ1) is 29.1. The first-order chi connectivity index (χ1) is 15.5. The van der Waals surface area contributed by atoms with Gasteiger partial charge in [-0.1, -0.05) is 62.9 Å². The van der Waals surface area contributed by atoms with Gasteiger partial charge in [0.2, 0.25) is 10.4 Å². The quantitative estimate of drug-likeness (QED) is 0.0861. The molecule has 1 unspecified atom stereocenters. The number of aliphatic hydroxyl groups excluding tert-OH is 4. The molecule has 0 aliphatic rings. The molecule has 0 aliphatic heterocycles. The zero-order valence-corrected chi connectivity index (χ0v) is 19.1. The highest BCUT2D eigenvalue weighted by Crippen LogP contribution is 2.27. The molecule has 0 saturated heterocycles. The number of aliphatic hydroxyl groups is 4. The molecule has 0 heterocycles. The minimum absolute atomic E-state index is 0. The lowest BCUT2D eigenvalue weighted by atomic mass is 9.90. The van der Waals surface area contributed by atoms with Crippen LogP contribution in [0, 0.1) is 0 Å². The number of rotatable bonds is 15. The molecule has 12 heteroatoms. The molecule has 1 rings (SSSR count). The van der Waals surface area contributed by atoms with E-state index in [2.05, 4.69) is 15.8 Å². The van der Waals surface area contributed by atoms with Crippen LogP contribution in [0.1, 0.15) is 58.4 Å². The number of benzene rings is 1. The summed E-state index contributed by atoms with van der Waals surface area (Å²) in [6, 6.07) is 9.10. The van der Waals surface area contributed by atoms with E-state index in [4.69, 9.17) is 5.11 Å². The van der Waals surface area contributed by atoms with Crippen LogP contribution in [0.3, 0.4) is 0 Å². The largest absolute Gasteiger partial charge is 1.00 e. The third-order valence-electron chi connectivity index (χ3n) is 5.00. The van der Waals surface area contributed by atoms with E-state index < -0.39 is 53.4 Å². The minimum Gasteiger partial charge on any atom is -0.726 e. The van der Waals surface area contributed by atoms with E-state index in [0.29, 0.717) is 6.42 Å². The van der Waals surface area contributed by atoms with Gasteiger partial charge in [0.05, 0.1) is 13.0 Å². The molecule has 188 valence electrons. The molecule has 33 heavy (non-hydrogen) atoms. The van der Waals surface area contributed by atoms with Crippen LogP contribution in [-0.2, 0) is 28.9 Å². The number of carbonyl (C=O) groups is 2. The van der Waals surface area contributed by atoms with Gasteiger partial charge in [0, 0.05) is 0 Å². The molecule has 0 saturated carbocycles. The van der Waals surface area contributed by atoms with E-state index >= 15 is 0 Å². The Morgan fingerprint density at radius 3 is 2.27 bits per heavy atom. The third kappa shape index (κ3) is 10.7. The molecule has 11 nitrogen and oxygen atoms in total. The van der Waals surface area contributed by atoms with Gasteiger partial charge in [0.15, 0.2) is 6.10 Å². The van der Waals surface area contributed by atoms with Crippen LogP contribution in [-0.4, -0.2) is 76.4 Å². The average molecular weight is 493 g/mol. The summed E-state index contributed by atoms with van der Waals surface area (Å²) in [6.07, 6.45) is -5.19. The lowest BCUT2D eigenvalue weighted by Crippen LogP contribution is -2.51. The average Bonchev–Trinajstić information content (AvgIpc) is 2.77. The summed E-state index contributed by atoms with van der Waals surface area (Å²) in [6.45, 7) is 0.910. The Morgan fingerprint density at radius 1 is 1.09 bits per heavy atom. The highest BCUT2D eigenvalue weighted by molar-refractivity contribution is 7.80. The van der Waals surface area contributed by atoms with Crippen molar-refractivity contribution in [3.05, 3.63) is 35.9 Å². The van der Waals surface area contributed by atoms with Gasteiger partial charge >= 0.3 is 13.4 Å². The summed E-state index contributed by atoms with van der Waals surface area (Å²) < 4.78 is 40.9. The van der Waals surface area contributed by atoms with Crippen molar-refractivity contribution in [2.24, 2.45) is 0 Å². The molecule has 0 bridgehead atoms. The molecule has 0 fully saturated rings. The lowest BCUT2D eigenvalue weighted by Gasteiger charge is -2.29. The summed E-state index contributed by atoms with van der Waals surface area (Å²) in [4.78, 5) is 24.5. The van der Waals surface area contributed by atoms with Crippen molar-refractivity contribution in [3.63, 3.8) is 0 Å². The van der Waals surface area contributed by atoms with E-state index in [9.17, 15) is 37.9 Å². The van der Waals surface area contributed by atoms with Crippen molar-refractivity contribution in [2.75, 3.05) is 6.61 Å². The predicted octanol–water partition coefficient (Wildman–Crippen LogP) is 0.233. The van der Waals surface area contributed by atoms with E-state index in [0.717, 1.165) is 31.2 Å². The number of ether oxygens (including phenoxy) is 1. The van der Waals surface area contributed by atoms with E-state index in [1.54, 1.807) is 0 Å². The number of hydrogen-bond acceptors (Lipinski definition) is 11. The molecule has 5 atom stereocenters. The van der Waals surface area contributed by atoms with Crippen LogP contribution in [0.4, 0.5) is 0 Å².